The van der Waals surface area contributed by atoms with Gasteiger partial charge < -0.3 is 5.32 Å². The van der Waals surface area contributed by atoms with Crippen LogP contribution in [0.3, 0.4) is 0 Å². The van der Waals surface area contributed by atoms with Crippen LogP contribution in [-0.4, -0.2) is 15.9 Å². The van der Waals surface area contributed by atoms with Gasteiger partial charge in [-0.05, 0) is 18.2 Å². The zero-order chi connectivity index (χ0) is 12.3. The van der Waals surface area contributed by atoms with Gasteiger partial charge in [0.15, 0.2) is 5.82 Å². The van der Waals surface area contributed by atoms with Gasteiger partial charge in [-0.3, -0.25) is 4.79 Å². The van der Waals surface area contributed by atoms with Crippen molar-refractivity contribution in [3.05, 3.63) is 36.7 Å². The lowest BCUT2D eigenvalue weighted by molar-refractivity contribution is -0.114. The molecule has 86 valence electrons. The second-order valence-electron chi connectivity index (χ2n) is 3.46. The molecule has 1 aromatic heterocycles. The molecule has 0 aliphatic carbocycles. The van der Waals surface area contributed by atoms with Crippen molar-refractivity contribution >= 4 is 24.2 Å². The van der Waals surface area contributed by atoms with Crippen molar-refractivity contribution in [1.82, 2.24) is 9.97 Å². The van der Waals surface area contributed by atoms with Gasteiger partial charge in [-0.15, -0.1) is 12.6 Å². The van der Waals surface area contributed by atoms with E-state index in [1.165, 1.54) is 6.92 Å². The van der Waals surface area contributed by atoms with E-state index in [0.717, 1.165) is 5.56 Å². The molecule has 4 nitrogen and oxygen atoms in total. The summed E-state index contributed by atoms with van der Waals surface area (Å²) in [6.07, 6.45) is 3.33. The Morgan fingerprint density at radius 1 is 1.24 bits per heavy atom. The average Bonchev–Trinajstić information content (AvgIpc) is 2.32. The van der Waals surface area contributed by atoms with E-state index in [0.29, 0.717) is 16.4 Å². The molecule has 0 fully saturated rings. The lowest BCUT2D eigenvalue weighted by Crippen LogP contribution is -2.06. The second-order valence-corrected chi connectivity index (χ2v) is 3.90. The Hall–Kier alpha value is -1.88. The maximum atomic E-state index is 11.0. The monoisotopic (exact) mass is 245 g/mol. The summed E-state index contributed by atoms with van der Waals surface area (Å²) in [5, 5.41) is 2.71. The van der Waals surface area contributed by atoms with E-state index in [1.807, 2.05) is 12.1 Å². The number of thiol groups is 1. The highest BCUT2D eigenvalue weighted by molar-refractivity contribution is 7.80. The van der Waals surface area contributed by atoms with Crippen LogP contribution >= 0.6 is 12.6 Å². The average molecular weight is 245 g/mol. The molecule has 0 aliphatic heterocycles. The van der Waals surface area contributed by atoms with Gasteiger partial charge in [0.1, 0.15) is 0 Å². The van der Waals surface area contributed by atoms with Crippen LogP contribution in [0.4, 0.5) is 5.69 Å². The number of nitrogens with zero attached hydrogens (tertiary/aromatic N) is 2. The number of rotatable bonds is 2. The summed E-state index contributed by atoms with van der Waals surface area (Å²) in [5.74, 6) is 0.455. The van der Waals surface area contributed by atoms with Crippen LogP contribution in [0.5, 0.6) is 0 Å². The Kier molecular flexibility index (Phi) is 3.39. The maximum Gasteiger partial charge on any atom is 0.221 e. The molecule has 1 aromatic carbocycles. The number of nitrogens with one attached hydrogen (secondary N) is 1. The third-order valence-electron chi connectivity index (χ3n) is 2.15. The third-order valence-corrected chi connectivity index (χ3v) is 2.64. The topological polar surface area (TPSA) is 54.9 Å². The van der Waals surface area contributed by atoms with E-state index in [4.69, 9.17) is 0 Å². The van der Waals surface area contributed by atoms with Crippen molar-refractivity contribution in [3.63, 3.8) is 0 Å². The van der Waals surface area contributed by atoms with Gasteiger partial charge >= 0.3 is 0 Å². The van der Waals surface area contributed by atoms with E-state index in [9.17, 15) is 4.79 Å². The minimum absolute atomic E-state index is 0.133. The Labute approximate surface area is 105 Å². The molecular weight excluding hydrogens is 234 g/mol. The summed E-state index contributed by atoms with van der Waals surface area (Å²) in [4.78, 5) is 20.0. The minimum Gasteiger partial charge on any atom is -0.325 e. The van der Waals surface area contributed by atoms with Crippen molar-refractivity contribution < 1.29 is 4.79 Å². The number of anilines is 1. The van der Waals surface area contributed by atoms with Crippen LogP contribution in [0.25, 0.3) is 11.4 Å². The van der Waals surface area contributed by atoms with Crippen LogP contribution in [0.2, 0.25) is 0 Å². The predicted molar refractivity (Wildman–Crippen MR) is 69.0 cm³/mol. The van der Waals surface area contributed by atoms with E-state index in [1.54, 1.807) is 24.5 Å². The molecule has 1 N–H and O–H groups in total. The molecule has 5 heteroatoms. The molecule has 0 aliphatic rings. The summed E-state index contributed by atoms with van der Waals surface area (Å²) in [7, 11) is 0. The zero-order valence-corrected chi connectivity index (χ0v) is 10.1. The molecule has 0 unspecified atom stereocenters. The van der Waals surface area contributed by atoms with Crippen molar-refractivity contribution in [2.24, 2.45) is 0 Å². The molecule has 0 radical (unpaired) electrons. The number of hydrogen-bond donors (Lipinski definition) is 2. The lowest BCUT2D eigenvalue weighted by atomic mass is 10.2. The van der Waals surface area contributed by atoms with Crippen LogP contribution in [0.15, 0.2) is 41.6 Å². The maximum absolute atomic E-state index is 11.0. The molecule has 0 atom stereocenters. The first-order chi connectivity index (χ1) is 8.18. The van der Waals surface area contributed by atoms with Crippen LogP contribution in [-0.2, 0) is 4.79 Å². The van der Waals surface area contributed by atoms with Gasteiger partial charge in [0, 0.05) is 29.8 Å². The highest BCUT2D eigenvalue weighted by Crippen LogP contribution is 2.29. The first-order valence-electron chi connectivity index (χ1n) is 5.05. The highest BCUT2D eigenvalue weighted by Gasteiger charge is 2.09. The van der Waals surface area contributed by atoms with Crippen molar-refractivity contribution in [3.8, 4) is 11.4 Å². The van der Waals surface area contributed by atoms with Crippen molar-refractivity contribution in [2.45, 2.75) is 11.8 Å². The van der Waals surface area contributed by atoms with E-state index < -0.39 is 0 Å². The van der Waals surface area contributed by atoms with Crippen molar-refractivity contribution in [1.29, 1.82) is 0 Å². The summed E-state index contributed by atoms with van der Waals surface area (Å²) in [5.41, 5.74) is 1.45. The molecule has 0 saturated heterocycles. The summed E-state index contributed by atoms with van der Waals surface area (Å²) in [6.45, 7) is 1.46. The Morgan fingerprint density at radius 3 is 2.59 bits per heavy atom. The van der Waals surface area contributed by atoms with Crippen molar-refractivity contribution in [2.75, 3.05) is 5.32 Å². The van der Waals surface area contributed by atoms with Gasteiger partial charge in [-0.1, -0.05) is 6.07 Å². The minimum atomic E-state index is -0.133. The first kappa shape index (κ1) is 11.6. The number of aromatic nitrogens is 2. The normalized spacial score (nSPS) is 10.0. The molecule has 17 heavy (non-hydrogen) atoms. The molecule has 2 rings (SSSR count). The molecule has 1 heterocycles. The summed E-state index contributed by atoms with van der Waals surface area (Å²) < 4.78 is 0. The molecular formula is C12H11N3OS. The van der Waals surface area contributed by atoms with Crippen LogP contribution in [0, 0.1) is 0 Å². The third kappa shape index (κ3) is 2.62. The number of amides is 1. The molecule has 0 bridgehead atoms. The Bertz CT molecular complexity index is 543. The van der Waals surface area contributed by atoms with E-state index in [2.05, 4.69) is 27.9 Å². The quantitative estimate of drug-likeness (QED) is 0.799. The van der Waals surface area contributed by atoms with E-state index in [-0.39, 0.29) is 5.91 Å². The van der Waals surface area contributed by atoms with Gasteiger partial charge in [0.2, 0.25) is 5.91 Å². The smallest absolute Gasteiger partial charge is 0.221 e. The summed E-state index contributed by atoms with van der Waals surface area (Å²) >= 11 is 4.40. The SMILES string of the molecule is CC(=O)Nc1cccc(-c2ncccn2)c1S. The van der Waals surface area contributed by atoms with E-state index >= 15 is 0 Å². The van der Waals surface area contributed by atoms with Gasteiger partial charge in [0.05, 0.1) is 5.69 Å². The molecule has 0 saturated carbocycles. The highest BCUT2D eigenvalue weighted by atomic mass is 32.1. The molecule has 1 amide bonds. The standard InChI is InChI=1S/C12H11N3OS/c1-8(16)15-10-5-2-4-9(11(10)17)12-13-6-3-7-14-12/h2-7,17H,1H3,(H,15,16). The summed E-state index contributed by atoms with van der Waals surface area (Å²) in [6, 6.07) is 7.23. The number of carbonyl (C=O) groups is 1. The second kappa shape index (κ2) is 4.97. The van der Waals surface area contributed by atoms with Gasteiger partial charge in [-0.2, -0.15) is 0 Å². The lowest BCUT2D eigenvalue weighted by Gasteiger charge is -2.09. The molecule has 2 aromatic rings. The largest absolute Gasteiger partial charge is 0.325 e. The zero-order valence-electron chi connectivity index (χ0n) is 9.21. The number of carbonyl (C=O) groups excluding carboxylic acids is 1. The fraction of sp³-hybridized carbons (Fsp3) is 0.0833. The van der Waals surface area contributed by atoms with Gasteiger partial charge in [0.25, 0.3) is 0 Å². The predicted octanol–water partition coefficient (Wildman–Crippen LogP) is 2.39. The Morgan fingerprint density at radius 2 is 1.94 bits per heavy atom. The fourth-order valence-corrected chi connectivity index (χ4v) is 1.76. The van der Waals surface area contributed by atoms with Crippen LogP contribution < -0.4 is 5.32 Å². The molecule has 0 spiro atoms. The van der Waals surface area contributed by atoms with Crippen LogP contribution in [0.1, 0.15) is 6.92 Å². The number of hydrogen-bond acceptors (Lipinski definition) is 4. The fourth-order valence-electron chi connectivity index (χ4n) is 1.45. The van der Waals surface area contributed by atoms with Gasteiger partial charge in [-0.25, -0.2) is 9.97 Å². The number of benzene rings is 1. The first-order valence-corrected chi connectivity index (χ1v) is 5.50. The Balaban J connectivity index is 2.46.